The van der Waals surface area contributed by atoms with Gasteiger partial charge in [0.25, 0.3) is 0 Å². The van der Waals surface area contributed by atoms with Crippen LogP contribution in [0.25, 0.3) is 0 Å². The summed E-state index contributed by atoms with van der Waals surface area (Å²) in [5.41, 5.74) is 0. The Kier molecular flexibility index (Phi) is 14.7. The molecule has 0 heterocycles. The van der Waals surface area contributed by atoms with E-state index in [9.17, 15) is 18.1 Å². The summed E-state index contributed by atoms with van der Waals surface area (Å²) >= 11 is 0. The molecular formula is C13H27NaO4S. The maximum absolute atomic E-state index is 11.2. The van der Waals surface area contributed by atoms with Gasteiger partial charge in [-0.15, -0.1) is 0 Å². The summed E-state index contributed by atoms with van der Waals surface area (Å²) in [7, 11) is -4.39. The zero-order chi connectivity index (χ0) is 14.0. The molecule has 0 spiro atoms. The SMILES string of the molecule is CCCCCCC(C(O)CCCCC)S(=O)(=O)[O-].[Na+]. The summed E-state index contributed by atoms with van der Waals surface area (Å²) in [5, 5.41) is 8.73. The molecule has 2 unspecified atom stereocenters. The van der Waals surface area contributed by atoms with Crippen molar-refractivity contribution in [3.63, 3.8) is 0 Å². The predicted octanol–water partition coefficient (Wildman–Crippen LogP) is -0.184. The molecule has 4 nitrogen and oxygen atoms in total. The second-order valence-corrected chi connectivity index (χ2v) is 6.53. The third-order valence-electron chi connectivity index (χ3n) is 3.25. The average Bonchev–Trinajstić information content (AvgIpc) is 2.27. The molecule has 0 fully saturated rings. The molecule has 0 radical (unpaired) electrons. The van der Waals surface area contributed by atoms with Crippen molar-refractivity contribution in [3.8, 4) is 0 Å². The van der Waals surface area contributed by atoms with Gasteiger partial charge in [-0.3, -0.25) is 0 Å². The first-order valence-corrected chi connectivity index (χ1v) is 8.53. The predicted molar refractivity (Wildman–Crippen MR) is 72.4 cm³/mol. The Balaban J connectivity index is 0. The number of rotatable bonds is 11. The third kappa shape index (κ3) is 11.2. The first-order chi connectivity index (χ1) is 8.43. The van der Waals surface area contributed by atoms with Crippen LogP contribution in [-0.4, -0.2) is 29.4 Å². The molecule has 0 aromatic rings. The fourth-order valence-corrected chi connectivity index (χ4v) is 3.07. The van der Waals surface area contributed by atoms with Gasteiger partial charge in [0.1, 0.15) is 10.1 Å². The summed E-state index contributed by atoms with van der Waals surface area (Å²) in [6.45, 7) is 4.11. The first kappa shape index (κ1) is 22.2. The molecular weight excluding hydrogens is 275 g/mol. The first-order valence-electron chi connectivity index (χ1n) is 7.06. The molecule has 19 heavy (non-hydrogen) atoms. The molecule has 6 heteroatoms. The van der Waals surface area contributed by atoms with Crippen molar-refractivity contribution in [3.05, 3.63) is 0 Å². The van der Waals surface area contributed by atoms with Gasteiger partial charge < -0.3 is 9.66 Å². The minimum absolute atomic E-state index is 0. The molecule has 0 aliphatic carbocycles. The van der Waals surface area contributed by atoms with Crippen LogP contribution in [0, 0.1) is 0 Å². The maximum Gasteiger partial charge on any atom is 1.00 e. The van der Waals surface area contributed by atoms with Crippen LogP contribution >= 0.6 is 0 Å². The molecule has 0 aromatic heterocycles. The van der Waals surface area contributed by atoms with Gasteiger partial charge in [-0.1, -0.05) is 58.8 Å². The molecule has 0 bridgehead atoms. The zero-order valence-electron chi connectivity index (χ0n) is 12.6. The summed E-state index contributed by atoms with van der Waals surface area (Å²) in [5.74, 6) is 0. The Morgan fingerprint density at radius 2 is 1.42 bits per heavy atom. The Morgan fingerprint density at radius 1 is 0.947 bits per heavy atom. The van der Waals surface area contributed by atoms with Gasteiger partial charge in [0, 0.05) is 0 Å². The van der Waals surface area contributed by atoms with E-state index >= 15 is 0 Å². The molecule has 0 rings (SSSR count). The van der Waals surface area contributed by atoms with Crippen LogP contribution in [-0.2, 0) is 10.1 Å². The smallest absolute Gasteiger partial charge is 0.748 e. The van der Waals surface area contributed by atoms with E-state index in [1.807, 2.05) is 6.92 Å². The number of aliphatic hydroxyl groups is 1. The van der Waals surface area contributed by atoms with Crippen LogP contribution in [0.2, 0.25) is 0 Å². The monoisotopic (exact) mass is 302 g/mol. The van der Waals surface area contributed by atoms with Gasteiger partial charge >= 0.3 is 29.6 Å². The number of hydrogen-bond acceptors (Lipinski definition) is 4. The summed E-state index contributed by atoms with van der Waals surface area (Å²) in [6.07, 6.45) is 6.17. The third-order valence-corrected chi connectivity index (χ3v) is 4.54. The Labute approximate surface area is 140 Å². The molecule has 110 valence electrons. The Hall–Kier alpha value is 0.870. The zero-order valence-corrected chi connectivity index (χ0v) is 15.4. The van der Waals surface area contributed by atoms with Gasteiger partial charge in [-0.2, -0.15) is 0 Å². The second-order valence-electron chi connectivity index (χ2n) is 4.94. The van der Waals surface area contributed by atoms with Crippen molar-refractivity contribution in [2.75, 3.05) is 0 Å². The van der Waals surface area contributed by atoms with Crippen molar-refractivity contribution in [1.82, 2.24) is 0 Å². The number of unbranched alkanes of at least 4 members (excludes halogenated alkanes) is 5. The van der Waals surface area contributed by atoms with Gasteiger partial charge in [0.2, 0.25) is 0 Å². The topological polar surface area (TPSA) is 77.4 Å². The van der Waals surface area contributed by atoms with Gasteiger partial charge in [0.15, 0.2) is 0 Å². The Morgan fingerprint density at radius 3 is 1.89 bits per heavy atom. The van der Waals surface area contributed by atoms with E-state index < -0.39 is 21.5 Å². The standard InChI is InChI=1S/C13H28O4S.Na/c1-3-5-7-9-11-13(18(15,16)17)12(14)10-8-6-4-2;/h12-14H,3-11H2,1-2H3,(H,15,16,17);/q;+1/p-1. The molecule has 1 N–H and O–H groups in total. The second kappa shape index (κ2) is 12.6. The van der Waals surface area contributed by atoms with Crippen molar-refractivity contribution < 1.29 is 47.6 Å². The van der Waals surface area contributed by atoms with E-state index in [1.54, 1.807) is 0 Å². The van der Waals surface area contributed by atoms with Crippen molar-refractivity contribution in [2.45, 2.75) is 83.0 Å². The molecule has 0 amide bonds. The van der Waals surface area contributed by atoms with E-state index in [-0.39, 0.29) is 29.6 Å². The quantitative estimate of drug-likeness (QED) is 0.326. The fourth-order valence-electron chi connectivity index (χ4n) is 2.09. The van der Waals surface area contributed by atoms with Gasteiger partial charge in [0.05, 0.1) is 11.4 Å². The van der Waals surface area contributed by atoms with Crippen LogP contribution in [0.4, 0.5) is 0 Å². The van der Waals surface area contributed by atoms with Crippen molar-refractivity contribution >= 4 is 10.1 Å². The van der Waals surface area contributed by atoms with Gasteiger partial charge in [-0.25, -0.2) is 8.42 Å². The van der Waals surface area contributed by atoms with E-state index in [0.717, 1.165) is 38.5 Å². The van der Waals surface area contributed by atoms with E-state index in [0.29, 0.717) is 19.3 Å². The molecule has 0 aliphatic heterocycles. The molecule has 0 aliphatic rings. The number of aliphatic hydroxyl groups excluding tert-OH is 1. The Bertz CT molecular complexity index is 293. The molecule has 0 aromatic carbocycles. The van der Waals surface area contributed by atoms with E-state index in [1.165, 1.54) is 0 Å². The normalized spacial score (nSPS) is 14.7. The van der Waals surface area contributed by atoms with Crippen molar-refractivity contribution in [2.24, 2.45) is 0 Å². The van der Waals surface area contributed by atoms with E-state index in [2.05, 4.69) is 6.92 Å². The number of hydrogen-bond donors (Lipinski definition) is 1. The maximum atomic E-state index is 11.2. The summed E-state index contributed by atoms with van der Waals surface area (Å²) in [4.78, 5) is 0. The minimum atomic E-state index is -4.39. The van der Waals surface area contributed by atoms with Gasteiger partial charge in [-0.05, 0) is 12.8 Å². The summed E-state index contributed by atoms with van der Waals surface area (Å²) in [6, 6.07) is 0. The van der Waals surface area contributed by atoms with Crippen LogP contribution < -0.4 is 29.6 Å². The molecule has 2 atom stereocenters. The van der Waals surface area contributed by atoms with Crippen LogP contribution in [0.1, 0.15) is 71.6 Å². The average molecular weight is 302 g/mol. The molecule has 0 saturated heterocycles. The van der Waals surface area contributed by atoms with Crippen LogP contribution in [0.5, 0.6) is 0 Å². The molecule has 0 saturated carbocycles. The van der Waals surface area contributed by atoms with E-state index in [4.69, 9.17) is 0 Å². The fraction of sp³-hybridized carbons (Fsp3) is 1.00. The van der Waals surface area contributed by atoms with Crippen LogP contribution in [0.15, 0.2) is 0 Å². The summed E-state index contributed by atoms with van der Waals surface area (Å²) < 4.78 is 33.5. The minimum Gasteiger partial charge on any atom is -0.748 e. The largest absolute Gasteiger partial charge is 1.00 e. The van der Waals surface area contributed by atoms with Crippen molar-refractivity contribution in [1.29, 1.82) is 0 Å². The van der Waals surface area contributed by atoms with Crippen LogP contribution in [0.3, 0.4) is 0 Å².